The van der Waals surface area contributed by atoms with E-state index in [2.05, 4.69) is 10.3 Å². The highest BCUT2D eigenvalue weighted by molar-refractivity contribution is 5.42. The average molecular weight is 217 g/mol. The van der Waals surface area contributed by atoms with E-state index in [-0.39, 0.29) is 6.10 Å². The van der Waals surface area contributed by atoms with Crippen molar-refractivity contribution in [2.75, 3.05) is 11.9 Å². The highest BCUT2D eigenvalue weighted by atomic mass is 16.3. The summed E-state index contributed by atoms with van der Waals surface area (Å²) in [7, 11) is 0. The Morgan fingerprint density at radius 3 is 2.94 bits per heavy atom. The van der Waals surface area contributed by atoms with Crippen molar-refractivity contribution in [3.05, 3.63) is 24.0 Å². The zero-order valence-corrected chi connectivity index (χ0v) is 9.06. The monoisotopic (exact) mass is 217 g/mol. The van der Waals surface area contributed by atoms with Crippen molar-refractivity contribution in [3.8, 4) is 6.07 Å². The van der Waals surface area contributed by atoms with Crippen LogP contribution in [0.1, 0.15) is 25.0 Å². The van der Waals surface area contributed by atoms with Gasteiger partial charge in [0.1, 0.15) is 11.8 Å². The zero-order chi connectivity index (χ0) is 11.4. The lowest BCUT2D eigenvalue weighted by molar-refractivity contribution is 0.178. The summed E-state index contributed by atoms with van der Waals surface area (Å²) in [5.74, 6) is 0.547. The van der Waals surface area contributed by atoms with Gasteiger partial charge in [0.25, 0.3) is 0 Å². The van der Waals surface area contributed by atoms with Gasteiger partial charge < -0.3 is 10.4 Å². The molecule has 2 rings (SSSR count). The van der Waals surface area contributed by atoms with E-state index < -0.39 is 0 Å². The summed E-state index contributed by atoms with van der Waals surface area (Å²) < 4.78 is 0. The van der Waals surface area contributed by atoms with Gasteiger partial charge in [0.15, 0.2) is 0 Å². The number of anilines is 1. The molecule has 0 bridgehead atoms. The Kier molecular flexibility index (Phi) is 3.37. The molecule has 16 heavy (non-hydrogen) atoms. The molecule has 1 aliphatic carbocycles. The van der Waals surface area contributed by atoms with Crippen molar-refractivity contribution in [1.82, 2.24) is 4.98 Å². The fourth-order valence-electron chi connectivity index (χ4n) is 2.06. The van der Waals surface area contributed by atoms with Gasteiger partial charge in [0.2, 0.25) is 0 Å². The fourth-order valence-corrected chi connectivity index (χ4v) is 2.06. The molecule has 2 atom stereocenters. The van der Waals surface area contributed by atoms with E-state index in [9.17, 15) is 5.11 Å². The van der Waals surface area contributed by atoms with Gasteiger partial charge >= 0.3 is 0 Å². The molecule has 4 heteroatoms. The summed E-state index contributed by atoms with van der Waals surface area (Å²) in [5.41, 5.74) is 1.36. The molecule has 4 nitrogen and oxygen atoms in total. The Morgan fingerprint density at radius 1 is 1.50 bits per heavy atom. The molecule has 0 radical (unpaired) electrons. The van der Waals surface area contributed by atoms with Crippen LogP contribution in [0.3, 0.4) is 0 Å². The second-order valence-electron chi connectivity index (χ2n) is 4.26. The van der Waals surface area contributed by atoms with Crippen LogP contribution in [0.4, 0.5) is 5.69 Å². The van der Waals surface area contributed by atoms with Crippen LogP contribution in [0, 0.1) is 17.2 Å². The van der Waals surface area contributed by atoms with E-state index in [0.717, 1.165) is 31.5 Å². The maximum atomic E-state index is 9.39. The van der Waals surface area contributed by atoms with Crippen LogP contribution in [0.2, 0.25) is 0 Å². The third-order valence-corrected chi connectivity index (χ3v) is 2.99. The molecule has 1 saturated carbocycles. The Labute approximate surface area is 94.9 Å². The maximum absolute atomic E-state index is 9.39. The summed E-state index contributed by atoms with van der Waals surface area (Å²) >= 11 is 0. The summed E-state index contributed by atoms with van der Waals surface area (Å²) in [6.07, 6.45) is 4.43. The van der Waals surface area contributed by atoms with E-state index in [1.54, 1.807) is 12.3 Å². The van der Waals surface area contributed by atoms with E-state index >= 15 is 0 Å². The molecule has 0 spiro atoms. The summed E-state index contributed by atoms with van der Waals surface area (Å²) in [6, 6.07) is 5.54. The standard InChI is InChI=1S/C12H15N3O/c13-6-10-2-3-11(8-15-10)14-7-9-1-4-12(16)5-9/h2-3,8-9,12,14,16H,1,4-5,7H2. The third-order valence-electron chi connectivity index (χ3n) is 2.99. The molecule has 1 aromatic rings. The van der Waals surface area contributed by atoms with Crippen LogP contribution in [-0.4, -0.2) is 22.7 Å². The number of aromatic nitrogens is 1. The smallest absolute Gasteiger partial charge is 0.140 e. The number of rotatable bonds is 3. The van der Waals surface area contributed by atoms with E-state index in [4.69, 9.17) is 5.26 Å². The lowest BCUT2D eigenvalue weighted by Crippen LogP contribution is -2.12. The van der Waals surface area contributed by atoms with Crippen molar-refractivity contribution in [2.45, 2.75) is 25.4 Å². The normalized spacial score (nSPS) is 24.0. The SMILES string of the molecule is N#Cc1ccc(NCC2CCC(O)C2)cn1. The van der Waals surface area contributed by atoms with Crippen LogP contribution in [0.5, 0.6) is 0 Å². The number of hydrogen-bond donors (Lipinski definition) is 2. The zero-order valence-electron chi connectivity index (χ0n) is 9.06. The van der Waals surface area contributed by atoms with Crippen molar-refractivity contribution >= 4 is 5.69 Å². The van der Waals surface area contributed by atoms with Gasteiger partial charge in [0.05, 0.1) is 18.0 Å². The van der Waals surface area contributed by atoms with E-state index in [0.29, 0.717) is 11.6 Å². The van der Waals surface area contributed by atoms with Crippen molar-refractivity contribution < 1.29 is 5.11 Å². The lowest BCUT2D eigenvalue weighted by atomic mass is 10.1. The first-order valence-corrected chi connectivity index (χ1v) is 5.56. The summed E-state index contributed by atoms with van der Waals surface area (Å²) in [5, 5.41) is 21.3. The molecule has 84 valence electrons. The topological polar surface area (TPSA) is 68.9 Å². The Balaban J connectivity index is 1.83. The molecule has 1 fully saturated rings. The van der Waals surface area contributed by atoms with Gasteiger partial charge in [-0.2, -0.15) is 5.26 Å². The van der Waals surface area contributed by atoms with Crippen LogP contribution in [0.15, 0.2) is 18.3 Å². The Morgan fingerprint density at radius 2 is 2.38 bits per heavy atom. The minimum Gasteiger partial charge on any atom is -0.393 e. The molecule has 2 N–H and O–H groups in total. The van der Waals surface area contributed by atoms with Gasteiger partial charge in [-0.05, 0) is 37.3 Å². The van der Waals surface area contributed by atoms with Gasteiger partial charge in [-0.15, -0.1) is 0 Å². The largest absolute Gasteiger partial charge is 0.393 e. The molecule has 0 aliphatic heterocycles. The average Bonchev–Trinajstić information content (AvgIpc) is 2.73. The van der Waals surface area contributed by atoms with Gasteiger partial charge in [-0.3, -0.25) is 0 Å². The highest BCUT2D eigenvalue weighted by Crippen LogP contribution is 2.25. The number of nitriles is 1. The summed E-state index contributed by atoms with van der Waals surface area (Å²) in [4.78, 5) is 3.98. The van der Waals surface area contributed by atoms with Crippen LogP contribution in [-0.2, 0) is 0 Å². The number of aliphatic hydroxyl groups excluding tert-OH is 1. The Hall–Kier alpha value is -1.60. The number of pyridine rings is 1. The minimum atomic E-state index is -0.120. The number of nitrogens with one attached hydrogen (secondary N) is 1. The lowest BCUT2D eigenvalue weighted by Gasteiger charge is -2.11. The first-order valence-electron chi connectivity index (χ1n) is 5.56. The maximum Gasteiger partial charge on any atom is 0.140 e. The predicted octanol–water partition coefficient (Wildman–Crippen LogP) is 1.53. The second kappa shape index (κ2) is 4.95. The van der Waals surface area contributed by atoms with Crippen LogP contribution < -0.4 is 5.32 Å². The number of hydrogen-bond acceptors (Lipinski definition) is 4. The first-order chi connectivity index (χ1) is 7.78. The van der Waals surface area contributed by atoms with Crippen LogP contribution >= 0.6 is 0 Å². The van der Waals surface area contributed by atoms with Gasteiger partial charge in [0, 0.05) is 6.54 Å². The number of aliphatic hydroxyl groups is 1. The molecule has 0 saturated heterocycles. The molecular formula is C12H15N3O. The van der Waals surface area contributed by atoms with Gasteiger partial charge in [-0.25, -0.2) is 4.98 Å². The highest BCUT2D eigenvalue weighted by Gasteiger charge is 2.22. The number of nitrogens with zero attached hydrogens (tertiary/aromatic N) is 2. The third kappa shape index (κ3) is 2.71. The molecule has 0 amide bonds. The quantitative estimate of drug-likeness (QED) is 0.805. The van der Waals surface area contributed by atoms with Crippen LogP contribution in [0.25, 0.3) is 0 Å². The minimum absolute atomic E-state index is 0.120. The molecule has 2 unspecified atom stereocenters. The fraction of sp³-hybridized carbons (Fsp3) is 0.500. The van der Waals surface area contributed by atoms with Crippen molar-refractivity contribution in [3.63, 3.8) is 0 Å². The molecule has 0 aromatic carbocycles. The Bertz CT molecular complexity index is 382. The van der Waals surface area contributed by atoms with E-state index in [1.165, 1.54) is 0 Å². The second-order valence-corrected chi connectivity index (χ2v) is 4.26. The molecule has 1 aliphatic rings. The van der Waals surface area contributed by atoms with Gasteiger partial charge in [-0.1, -0.05) is 0 Å². The molecule has 1 aromatic heterocycles. The summed E-state index contributed by atoms with van der Waals surface area (Å²) in [6.45, 7) is 0.866. The van der Waals surface area contributed by atoms with Crippen molar-refractivity contribution in [1.29, 1.82) is 5.26 Å². The van der Waals surface area contributed by atoms with E-state index in [1.807, 2.05) is 12.1 Å². The predicted molar refractivity (Wildman–Crippen MR) is 60.8 cm³/mol. The first kappa shape index (κ1) is 10.9. The van der Waals surface area contributed by atoms with Crippen molar-refractivity contribution in [2.24, 2.45) is 5.92 Å². The molecule has 1 heterocycles. The molecular weight excluding hydrogens is 202 g/mol.